The lowest BCUT2D eigenvalue weighted by Gasteiger charge is -2.11. The standard InChI is InChI=1S/C22H21ClF3N3O2S/c1-2-29-20-13-16(22(24,25)26)5-3-6-18(20)19(14-27)21(29)15-7-9-17(10-8-15)28-32(30,31)12-4-11-23/h5-10,13,28H,2-4,11-12H2,1H3. The molecule has 0 fully saturated rings. The molecule has 170 valence electrons. The number of rotatable bonds is 7. The molecule has 0 saturated carbocycles. The highest BCUT2D eigenvalue weighted by Gasteiger charge is 2.32. The zero-order chi connectivity index (χ0) is 23.5. The Kier molecular flexibility index (Phi) is 7.06. The summed E-state index contributed by atoms with van der Waals surface area (Å²) in [4.78, 5) is 0. The van der Waals surface area contributed by atoms with E-state index >= 15 is 0 Å². The number of allylic oxidation sites excluding steroid dienone is 2. The number of sulfonamides is 1. The first-order chi connectivity index (χ1) is 15.1. The van der Waals surface area contributed by atoms with Crippen molar-refractivity contribution in [3.05, 3.63) is 52.0 Å². The average molecular weight is 484 g/mol. The van der Waals surface area contributed by atoms with E-state index in [2.05, 4.69) is 10.8 Å². The highest BCUT2D eigenvalue weighted by atomic mass is 35.5. The molecule has 3 rings (SSSR count). The topological polar surface area (TPSA) is 74.9 Å². The number of alkyl halides is 4. The Bertz CT molecular complexity index is 1300. The molecule has 1 aromatic carbocycles. The molecule has 0 radical (unpaired) electrons. The van der Waals surface area contributed by atoms with Gasteiger partial charge in [-0.1, -0.05) is 24.3 Å². The summed E-state index contributed by atoms with van der Waals surface area (Å²) in [5, 5.41) is 10.6. The molecule has 1 aliphatic rings. The number of nitrogens with one attached hydrogen (secondary N) is 1. The number of fused-ring (bicyclic) bond motifs is 1. The van der Waals surface area contributed by atoms with Crippen molar-refractivity contribution in [2.75, 3.05) is 16.4 Å². The Morgan fingerprint density at radius 1 is 1.22 bits per heavy atom. The normalized spacial score (nSPS) is 13.8. The third-order valence-corrected chi connectivity index (χ3v) is 6.67. The van der Waals surface area contributed by atoms with Gasteiger partial charge in [0.15, 0.2) is 0 Å². The molecule has 10 heteroatoms. The largest absolute Gasteiger partial charge is 0.416 e. The summed E-state index contributed by atoms with van der Waals surface area (Å²) < 4.78 is 68.4. The van der Waals surface area contributed by atoms with Crippen LogP contribution in [-0.4, -0.2) is 30.8 Å². The molecule has 0 atom stereocenters. The Hall–Kier alpha value is -2.70. The van der Waals surface area contributed by atoms with Gasteiger partial charge in [0.25, 0.3) is 0 Å². The van der Waals surface area contributed by atoms with E-state index < -0.39 is 21.8 Å². The first-order valence-corrected chi connectivity index (χ1v) is 12.1. The van der Waals surface area contributed by atoms with Gasteiger partial charge in [0.05, 0.1) is 27.9 Å². The molecule has 0 bridgehead atoms. The van der Waals surface area contributed by atoms with Crippen LogP contribution in [-0.2, 0) is 16.6 Å². The van der Waals surface area contributed by atoms with Crippen molar-refractivity contribution in [3.8, 4) is 17.3 Å². The number of anilines is 1. The van der Waals surface area contributed by atoms with Crippen LogP contribution < -0.4 is 15.3 Å². The van der Waals surface area contributed by atoms with E-state index in [0.717, 1.165) is 12.2 Å². The maximum atomic E-state index is 13.4. The van der Waals surface area contributed by atoms with Gasteiger partial charge < -0.3 is 4.57 Å². The number of aromatic nitrogens is 1. The second kappa shape index (κ2) is 9.43. The van der Waals surface area contributed by atoms with Crippen LogP contribution in [0, 0.1) is 11.3 Å². The van der Waals surface area contributed by atoms with Gasteiger partial charge in [-0.25, -0.2) is 8.42 Å². The van der Waals surface area contributed by atoms with Crippen LogP contribution in [0.1, 0.15) is 25.3 Å². The maximum Gasteiger partial charge on any atom is 0.416 e. The predicted octanol–water partition coefficient (Wildman–Crippen LogP) is 3.87. The van der Waals surface area contributed by atoms with Gasteiger partial charge in [0.1, 0.15) is 6.07 Å². The minimum absolute atomic E-state index is 0.0587. The monoisotopic (exact) mass is 483 g/mol. The fourth-order valence-corrected chi connectivity index (χ4v) is 5.05. The van der Waals surface area contributed by atoms with Crippen molar-refractivity contribution in [2.45, 2.75) is 32.5 Å². The molecule has 0 unspecified atom stereocenters. The zero-order valence-electron chi connectivity index (χ0n) is 17.2. The molecule has 1 heterocycles. The molecule has 0 saturated heterocycles. The molecule has 5 nitrogen and oxygen atoms in total. The van der Waals surface area contributed by atoms with E-state index in [4.69, 9.17) is 11.6 Å². The molecule has 0 aliphatic heterocycles. The molecule has 32 heavy (non-hydrogen) atoms. The summed E-state index contributed by atoms with van der Waals surface area (Å²) in [6.45, 7) is 2.14. The number of nitriles is 1. The highest BCUT2D eigenvalue weighted by Crippen LogP contribution is 2.29. The van der Waals surface area contributed by atoms with E-state index in [0.29, 0.717) is 40.5 Å². The number of nitrogens with zero attached hydrogens (tertiary/aromatic N) is 2. The molecular formula is C22H21ClF3N3O2S. The third kappa shape index (κ3) is 5.03. The summed E-state index contributed by atoms with van der Waals surface area (Å²) >= 11 is 5.55. The highest BCUT2D eigenvalue weighted by molar-refractivity contribution is 7.92. The van der Waals surface area contributed by atoms with Crippen LogP contribution in [0.2, 0.25) is 0 Å². The van der Waals surface area contributed by atoms with Gasteiger partial charge in [-0.15, -0.1) is 11.6 Å². The van der Waals surface area contributed by atoms with E-state index in [9.17, 15) is 26.9 Å². The molecule has 2 aromatic rings. The molecular weight excluding hydrogens is 463 g/mol. The van der Waals surface area contributed by atoms with Gasteiger partial charge in [-0.05, 0) is 43.5 Å². The van der Waals surface area contributed by atoms with Crippen molar-refractivity contribution in [1.29, 1.82) is 5.26 Å². The van der Waals surface area contributed by atoms with Gasteiger partial charge in [-0.3, -0.25) is 4.72 Å². The Labute approximate surface area is 189 Å². The molecule has 1 N–H and O–H groups in total. The Morgan fingerprint density at radius 2 is 1.91 bits per heavy atom. The number of hydrogen-bond donors (Lipinski definition) is 1. The summed E-state index contributed by atoms with van der Waals surface area (Å²) in [5.74, 6) is 0.123. The summed E-state index contributed by atoms with van der Waals surface area (Å²) in [6.07, 6.45) is -0.315. The third-order valence-electron chi connectivity index (χ3n) is 5.03. The van der Waals surface area contributed by atoms with E-state index in [1.165, 1.54) is 0 Å². The SMILES string of the molecule is CCn1c(-c2ccc(NS(=O)(=O)CCCCl)cc2)c(C#N)c2c1=CC(C(F)(F)F)=CCC=2. The van der Waals surface area contributed by atoms with Crippen molar-refractivity contribution in [1.82, 2.24) is 4.57 Å². The van der Waals surface area contributed by atoms with Gasteiger partial charge >= 0.3 is 6.18 Å². The molecule has 1 aliphatic carbocycles. The Morgan fingerprint density at radius 3 is 2.47 bits per heavy atom. The summed E-state index contributed by atoms with van der Waals surface area (Å²) in [6, 6.07) is 8.53. The second-order valence-electron chi connectivity index (χ2n) is 7.16. The van der Waals surface area contributed by atoms with E-state index in [-0.39, 0.29) is 23.6 Å². The molecule has 0 amide bonds. The van der Waals surface area contributed by atoms with Crippen molar-refractivity contribution < 1.29 is 21.6 Å². The van der Waals surface area contributed by atoms with E-state index in [1.807, 2.05) is 0 Å². The van der Waals surface area contributed by atoms with Crippen LogP contribution in [0.25, 0.3) is 23.4 Å². The van der Waals surface area contributed by atoms with E-state index in [1.54, 1.807) is 41.8 Å². The van der Waals surface area contributed by atoms with Crippen LogP contribution in [0.4, 0.5) is 18.9 Å². The average Bonchev–Trinajstić information content (AvgIpc) is 2.86. The maximum absolute atomic E-state index is 13.4. The number of halogens is 4. The molecule has 1 aromatic heterocycles. The zero-order valence-corrected chi connectivity index (χ0v) is 18.8. The lowest BCUT2D eigenvalue weighted by atomic mass is 10.1. The smallest absolute Gasteiger partial charge is 0.340 e. The fourth-order valence-electron chi connectivity index (χ4n) is 3.64. The first-order valence-electron chi connectivity index (χ1n) is 9.90. The van der Waals surface area contributed by atoms with Gasteiger partial charge in [-0.2, -0.15) is 18.4 Å². The van der Waals surface area contributed by atoms with Crippen LogP contribution in [0.3, 0.4) is 0 Å². The lowest BCUT2D eigenvalue weighted by molar-refractivity contribution is -0.0867. The Balaban J connectivity index is 2.10. The van der Waals surface area contributed by atoms with Crippen molar-refractivity contribution in [3.63, 3.8) is 0 Å². The van der Waals surface area contributed by atoms with Crippen LogP contribution in [0.5, 0.6) is 0 Å². The van der Waals surface area contributed by atoms with Crippen molar-refractivity contribution >= 4 is 39.5 Å². The fraction of sp³-hybridized carbons (Fsp3) is 0.318. The predicted molar refractivity (Wildman–Crippen MR) is 120 cm³/mol. The van der Waals surface area contributed by atoms with Crippen LogP contribution in [0.15, 0.2) is 35.9 Å². The number of hydrogen-bond acceptors (Lipinski definition) is 3. The summed E-state index contributed by atoms with van der Waals surface area (Å²) in [5.41, 5.74) is 0.966. The van der Waals surface area contributed by atoms with Crippen molar-refractivity contribution in [2.24, 2.45) is 0 Å². The quantitative estimate of drug-likeness (QED) is 0.607. The minimum atomic E-state index is -4.49. The number of benzene rings is 1. The lowest BCUT2D eigenvalue weighted by Crippen LogP contribution is -2.30. The first kappa shape index (κ1) is 24.0. The van der Waals surface area contributed by atoms with Gasteiger partial charge in [0, 0.05) is 23.3 Å². The summed E-state index contributed by atoms with van der Waals surface area (Å²) in [7, 11) is -3.54. The van der Waals surface area contributed by atoms with Gasteiger partial charge in [0.2, 0.25) is 10.0 Å². The molecule has 0 spiro atoms. The van der Waals surface area contributed by atoms with Crippen LogP contribution >= 0.6 is 11.6 Å². The second-order valence-corrected chi connectivity index (χ2v) is 9.38. The minimum Gasteiger partial charge on any atom is -0.340 e.